The number of phenols is 1. The Hall–Kier alpha value is -2.02. The number of carbonyl (C=O) groups is 2. The van der Waals surface area contributed by atoms with E-state index < -0.39 is 64.8 Å². The van der Waals surface area contributed by atoms with Crippen LogP contribution < -0.4 is 91.3 Å². The van der Waals surface area contributed by atoms with Crippen molar-refractivity contribution in [3.8, 4) is 5.75 Å². The number of nitrogens with one attached hydrogen (secondary N) is 1. The van der Waals surface area contributed by atoms with Gasteiger partial charge in [0, 0.05) is 33.3 Å². The van der Waals surface area contributed by atoms with Gasteiger partial charge in [-0.1, -0.05) is 30.3 Å². The molecule has 5 rings (SSSR count). The van der Waals surface area contributed by atoms with Crippen LogP contribution in [0.3, 0.4) is 0 Å². The molecule has 1 amide bonds. The van der Waals surface area contributed by atoms with Gasteiger partial charge in [0.15, 0.2) is 5.75 Å². The molecule has 0 aliphatic carbocycles. The smallest absolute Gasteiger partial charge is 0.744 e. The number of aromatic hydroxyl groups is 1. The molecule has 0 bridgehead atoms. The van der Waals surface area contributed by atoms with Crippen LogP contribution in [0.1, 0.15) is 10.4 Å². The molecular weight excluding hydrogens is 834 g/mol. The fourth-order valence-corrected chi connectivity index (χ4v) is 7.36. The van der Waals surface area contributed by atoms with Crippen LogP contribution in [0.2, 0.25) is 0 Å². The molecule has 0 unspecified atom stereocenters. The van der Waals surface area contributed by atoms with E-state index in [9.17, 15) is 51.2 Å². The number of amides is 1. The van der Waals surface area contributed by atoms with Gasteiger partial charge in [0.1, 0.15) is 37.4 Å². The first kappa shape index (κ1) is 53.0. The van der Waals surface area contributed by atoms with Gasteiger partial charge in [-0.3, -0.25) is 19.7 Å². The summed E-state index contributed by atoms with van der Waals surface area (Å²) in [5, 5.41) is 48.4. The fraction of sp³-hybridized carbons (Fsp3) is 0.0345. The van der Waals surface area contributed by atoms with Gasteiger partial charge in [-0.15, -0.1) is 10.2 Å². The number of benzene rings is 5. The molecule has 5 aromatic rings. The Kier molecular flexibility index (Phi) is 22.0. The molecule has 5 aromatic carbocycles. The molecule has 57 heavy (non-hydrogen) atoms. The van der Waals surface area contributed by atoms with Gasteiger partial charge < -0.3 is 34.2 Å². The predicted octanol–water partition coefficient (Wildman–Crippen LogP) is -8.16. The fourth-order valence-electron chi connectivity index (χ4n) is 4.66. The van der Waals surface area contributed by atoms with Gasteiger partial charge in [0.2, 0.25) is 0 Å². The van der Waals surface area contributed by atoms with E-state index in [1.165, 1.54) is 36.4 Å². The first-order chi connectivity index (χ1) is 25.2. The molecule has 0 aromatic heterocycles. The molecule has 0 fully saturated rings. The summed E-state index contributed by atoms with van der Waals surface area (Å²) >= 11 is 0.993. The van der Waals surface area contributed by atoms with Gasteiger partial charge in [-0.2, -0.15) is 8.67 Å². The third-order valence-electron chi connectivity index (χ3n) is 6.76. The minimum atomic E-state index is -5.33. The monoisotopic (exact) mass is 851 g/mol. The minimum absolute atomic E-state index is 0. The third kappa shape index (κ3) is 13.8. The van der Waals surface area contributed by atoms with Crippen LogP contribution in [0, 0.1) is 0 Å². The Morgan fingerprint density at radius 2 is 1.44 bits per heavy atom. The number of anilines is 1. The van der Waals surface area contributed by atoms with Crippen LogP contribution in [0.25, 0.3) is 21.5 Å². The van der Waals surface area contributed by atoms with Crippen molar-refractivity contribution >= 4 is 107 Å². The number of azo groups is 1. The number of carbonyl (C=O) groups excluding carboxylic acids is 2. The van der Waals surface area contributed by atoms with Crippen molar-refractivity contribution in [2.75, 3.05) is 11.1 Å². The van der Waals surface area contributed by atoms with E-state index in [4.69, 9.17) is 4.18 Å². The summed E-state index contributed by atoms with van der Waals surface area (Å²) in [5.74, 6) is -2.91. The number of nitrogens with zero attached hydrogens (tertiary/aromatic N) is 2. The van der Waals surface area contributed by atoms with E-state index in [0.717, 1.165) is 24.3 Å². The van der Waals surface area contributed by atoms with Crippen LogP contribution in [-0.4, -0.2) is 48.7 Å². The van der Waals surface area contributed by atoms with Crippen molar-refractivity contribution in [1.29, 1.82) is 0 Å². The SMILES string of the molecule is O=C(CSOO[O-])OSc1ccc2ccc(N=Nc3c(SOO[O-])cc4cc(S(=O)(=O)[O-])cc(NC(=O)c5ccccc5)c4c3O)c(S(=O)(=O)[O-])c2c1.[Li+].[Li+].[Li+].[Li+]. The minimum Gasteiger partial charge on any atom is -0.744 e. The van der Waals surface area contributed by atoms with E-state index in [0.29, 0.717) is 24.1 Å². The Morgan fingerprint density at radius 1 is 0.772 bits per heavy atom. The average Bonchev–Trinajstić information content (AvgIpc) is 3.11. The summed E-state index contributed by atoms with van der Waals surface area (Å²) in [5.41, 5.74) is -1.35. The summed E-state index contributed by atoms with van der Waals surface area (Å²) in [6.45, 7) is 0. The predicted molar refractivity (Wildman–Crippen MR) is 179 cm³/mol. The van der Waals surface area contributed by atoms with Crippen LogP contribution in [-0.2, 0) is 48.0 Å². The van der Waals surface area contributed by atoms with E-state index >= 15 is 0 Å². The van der Waals surface area contributed by atoms with Gasteiger partial charge in [-0.25, -0.2) is 16.8 Å². The molecule has 278 valence electrons. The van der Waals surface area contributed by atoms with E-state index in [-0.39, 0.29) is 130 Å². The zero-order valence-corrected chi connectivity index (χ0v) is 33.8. The van der Waals surface area contributed by atoms with Crippen molar-refractivity contribution in [2.45, 2.75) is 19.6 Å². The number of phenolic OH excluding ortho intramolecular Hbond substituents is 1. The number of fused-ring (bicyclic) bond motifs is 2. The molecule has 0 spiro atoms. The van der Waals surface area contributed by atoms with E-state index in [1.807, 2.05) is 0 Å². The van der Waals surface area contributed by atoms with Crippen LogP contribution in [0.5, 0.6) is 5.75 Å². The van der Waals surface area contributed by atoms with Gasteiger partial charge in [-0.05, 0) is 59.3 Å². The van der Waals surface area contributed by atoms with Gasteiger partial charge in [0.05, 0.1) is 44.5 Å². The van der Waals surface area contributed by atoms with Crippen LogP contribution in [0.15, 0.2) is 109 Å². The van der Waals surface area contributed by atoms with Crippen molar-refractivity contribution in [1.82, 2.24) is 0 Å². The molecule has 0 aliphatic rings. The Labute approximate surface area is 383 Å². The van der Waals surface area contributed by atoms with Crippen molar-refractivity contribution < 1.29 is 150 Å². The molecule has 0 aliphatic heterocycles. The maximum absolute atomic E-state index is 13.1. The summed E-state index contributed by atoms with van der Waals surface area (Å²) in [7, 11) is -10.5. The second-order valence-corrected chi connectivity index (χ2v) is 14.9. The average molecular weight is 852 g/mol. The van der Waals surface area contributed by atoms with E-state index in [2.05, 4.69) is 34.3 Å². The van der Waals surface area contributed by atoms with E-state index in [1.54, 1.807) is 18.2 Å². The number of rotatable bonds is 15. The second-order valence-electron chi connectivity index (χ2n) is 10.0. The molecule has 0 saturated carbocycles. The topological polar surface area (TPSA) is 298 Å². The van der Waals surface area contributed by atoms with Crippen molar-refractivity contribution in [3.05, 3.63) is 84.4 Å². The van der Waals surface area contributed by atoms with Gasteiger partial charge >= 0.3 is 81.4 Å². The maximum atomic E-state index is 13.1. The zero-order valence-electron chi connectivity index (χ0n) is 29.7. The Balaban J connectivity index is 0.00000406. The molecular formula is C29H17Li4N3O16S5. The zero-order chi connectivity index (χ0) is 38.3. The molecule has 0 saturated heterocycles. The third-order valence-corrected chi connectivity index (χ3v) is 10.3. The molecule has 28 heteroatoms. The first-order valence-corrected chi connectivity index (χ1v) is 19.1. The molecule has 0 atom stereocenters. The Bertz CT molecular complexity index is 2470. The summed E-state index contributed by atoms with van der Waals surface area (Å²) in [4.78, 5) is 23.1. The quantitative estimate of drug-likeness (QED) is 0.0188. The standard InChI is InChI=1S/C29H21N3O16S5.4Li/c33-24(14-49-47-45-36)44-50-18-8-6-15-7-9-21(28(20(15)12-18)53(41,42)43)31-32-26-23(51-48-46-37)11-17-10-19(52(38,39)40)13-22(25(17)27(26)34)30-29(35)16-4-2-1-3-5-16;;;;/h1-13,34,36-37H,14H2,(H,30,35)(H,38,39,40)(H,41,42,43);;;;/q;4*+1/p-4. The van der Waals surface area contributed by atoms with Crippen molar-refractivity contribution in [3.63, 3.8) is 0 Å². The molecule has 19 nitrogen and oxygen atoms in total. The first-order valence-electron chi connectivity index (χ1n) is 13.9. The summed E-state index contributed by atoms with van der Waals surface area (Å²) in [6, 6.07) is 16.9. The van der Waals surface area contributed by atoms with Crippen LogP contribution >= 0.6 is 36.1 Å². The maximum Gasteiger partial charge on any atom is 1.00 e. The number of hydrogen-bond acceptors (Lipinski definition) is 21. The van der Waals surface area contributed by atoms with Gasteiger partial charge in [0.25, 0.3) is 5.91 Å². The largest absolute Gasteiger partial charge is 1.00 e. The summed E-state index contributed by atoms with van der Waals surface area (Å²) < 4.78 is 87.1. The summed E-state index contributed by atoms with van der Waals surface area (Å²) in [6.07, 6.45) is 0. The molecule has 0 heterocycles. The Morgan fingerprint density at radius 3 is 2.07 bits per heavy atom. The van der Waals surface area contributed by atoms with Crippen LogP contribution in [0.4, 0.5) is 17.1 Å². The molecule has 0 radical (unpaired) electrons. The second kappa shape index (κ2) is 23.7. The number of hydrogen-bond donors (Lipinski definition) is 2. The molecule has 2 N–H and O–H groups in total. The van der Waals surface area contributed by atoms with Crippen molar-refractivity contribution in [2.24, 2.45) is 10.2 Å². The normalized spacial score (nSPS) is 11.2.